The zero-order chi connectivity index (χ0) is 12.6. The van der Waals surface area contributed by atoms with Crippen LogP contribution in [0, 0.1) is 5.92 Å². The highest BCUT2D eigenvalue weighted by molar-refractivity contribution is 9.10. The Labute approximate surface area is 115 Å². The van der Waals surface area contributed by atoms with Gasteiger partial charge in [-0.15, -0.1) is 0 Å². The van der Waals surface area contributed by atoms with Crippen molar-refractivity contribution in [3.63, 3.8) is 0 Å². The number of halogens is 2. The molecule has 2 atom stereocenters. The minimum atomic E-state index is 0.0965. The van der Waals surface area contributed by atoms with Gasteiger partial charge in [0.15, 0.2) is 0 Å². The zero-order valence-electron chi connectivity index (χ0n) is 9.91. The smallest absolute Gasteiger partial charge is 0.254 e. The number of likely N-dealkylation sites (tertiary alicyclic amines) is 1. The highest BCUT2D eigenvalue weighted by atomic mass is 79.9. The number of rotatable bonds is 1. The molecule has 4 heteroatoms. The standard InChI is InChI=1S/C13H15BrClNO/c1-8-5-9(2)16(7-8)13(17)10-3-4-12(15)11(14)6-10/h3-4,6,8-9H,5,7H2,1-2H3. The van der Waals surface area contributed by atoms with E-state index in [1.54, 1.807) is 18.2 Å². The van der Waals surface area contributed by atoms with Crippen LogP contribution < -0.4 is 0 Å². The summed E-state index contributed by atoms with van der Waals surface area (Å²) < 4.78 is 0.768. The van der Waals surface area contributed by atoms with Gasteiger partial charge in [-0.05, 0) is 53.4 Å². The van der Waals surface area contributed by atoms with Gasteiger partial charge < -0.3 is 4.90 Å². The summed E-state index contributed by atoms with van der Waals surface area (Å²) in [5.74, 6) is 0.684. The van der Waals surface area contributed by atoms with Crippen LogP contribution >= 0.6 is 27.5 Å². The van der Waals surface area contributed by atoms with Crippen LogP contribution in [0.4, 0.5) is 0 Å². The predicted molar refractivity (Wildman–Crippen MR) is 73.4 cm³/mol. The van der Waals surface area contributed by atoms with Gasteiger partial charge in [0.25, 0.3) is 5.91 Å². The first-order valence-corrected chi connectivity index (χ1v) is 6.92. The first kappa shape index (κ1) is 12.9. The molecule has 0 saturated carbocycles. The predicted octanol–water partition coefficient (Wildman–Crippen LogP) is 3.97. The lowest BCUT2D eigenvalue weighted by molar-refractivity contribution is 0.0743. The van der Waals surface area contributed by atoms with E-state index in [-0.39, 0.29) is 5.91 Å². The molecule has 2 rings (SSSR count). The number of nitrogens with zero attached hydrogens (tertiary/aromatic N) is 1. The van der Waals surface area contributed by atoms with Gasteiger partial charge in [-0.2, -0.15) is 0 Å². The van der Waals surface area contributed by atoms with Crippen LogP contribution in [-0.2, 0) is 0 Å². The molecule has 1 heterocycles. The summed E-state index contributed by atoms with van der Waals surface area (Å²) in [7, 11) is 0. The fraction of sp³-hybridized carbons (Fsp3) is 0.462. The molecule has 1 aromatic rings. The van der Waals surface area contributed by atoms with E-state index >= 15 is 0 Å². The van der Waals surface area contributed by atoms with E-state index in [4.69, 9.17) is 11.6 Å². The second kappa shape index (κ2) is 4.99. The van der Waals surface area contributed by atoms with E-state index in [1.807, 2.05) is 4.90 Å². The van der Waals surface area contributed by atoms with Crippen LogP contribution in [0.15, 0.2) is 22.7 Å². The maximum Gasteiger partial charge on any atom is 0.254 e. The fourth-order valence-corrected chi connectivity index (χ4v) is 2.87. The monoisotopic (exact) mass is 315 g/mol. The molecule has 0 N–H and O–H groups in total. The molecule has 2 unspecified atom stereocenters. The van der Waals surface area contributed by atoms with E-state index in [0.29, 0.717) is 22.5 Å². The van der Waals surface area contributed by atoms with Crippen molar-refractivity contribution in [2.45, 2.75) is 26.3 Å². The second-order valence-electron chi connectivity index (χ2n) is 4.78. The van der Waals surface area contributed by atoms with Gasteiger partial charge in [0.05, 0.1) is 5.02 Å². The van der Waals surface area contributed by atoms with Gasteiger partial charge in [-0.3, -0.25) is 4.79 Å². The average molecular weight is 317 g/mol. The second-order valence-corrected chi connectivity index (χ2v) is 6.04. The van der Waals surface area contributed by atoms with Gasteiger partial charge >= 0.3 is 0 Å². The Morgan fingerprint density at radius 1 is 1.47 bits per heavy atom. The van der Waals surface area contributed by atoms with E-state index in [9.17, 15) is 4.79 Å². The summed E-state index contributed by atoms with van der Waals surface area (Å²) in [5.41, 5.74) is 0.697. The van der Waals surface area contributed by atoms with Crippen molar-refractivity contribution in [3.05, 3.63) is 33.3 Å². The topological polar surface area (TPSA) is 20.3 Å². The Balaban J connectivity index is 2.22. The van der Waals surface area contributed by atoms with Crippen LogP contribution in [-0.4, -0.2) is 23.4 Å². The van der Waals surface area contributed by atoms with Gasteiger partial charge in [0.1, 0.15) is 0 Å². The molecule has 1 aliphatic rings. The lowest BCUT2D eigenvalue weighted by atomic mass is 10.1. The summed E-state index contributed by atoms with van der Waals surface area (Å²) in [5, 5.41) is 0.629. The number of benzene rings is 1. The normalized spacial score (nSPS) is 24.1. The van der Waals surface area contributed by atoms with E-state index < -0.39 is 0 Å². The quantitative estimate of drug-likeness (QED) is 0.767. The van der Waals surface area contributed by atoms with E-state index in [1.165, 1.54) is 0 Å². The van der Waals surface area contributed by atoms with Crippen LogP contribution in [0.2, 0.25) is 5.02 Å². The molecule has 1 saturated heterocycles. The van der Waals surface area contributed by atoms with Crippen molar-refractivity contribution < 1.29 is 4.79 Å². The van der Waals surface area contributed by atoms with Crippen molar-refractivity contribution in [3.8, 4) is 0 Å². The molecule has 0 aliphatic carbocycles. The third kappa shape index (κ3) is 2.66. The summed E-state index contributed by atoms with van der Waals surface area (Å²) in [6.07, 6.45) is 1.08. The molecule has 1 amide bonds. The number of amides is 1. The summed E-state index contributed by atoms with van der Waals surface area (Å²) in [6.45, 7) is 5.13. The SMILES string of the molecule is CC1CC(C)N(C(=O)c2ccc(Cl)c(Br)c2)C1. The molecule has 0 aromatic heterocycles. The summed E-state index contributed by atoms with van der Waals surface area (Å²) >= 11 is 9.27. The zero-order valence-corrected chi connectivity index (χ0v) is 12.3. The van der Waals surface area contributed by atoms with Crippen molar-refractivity contribution >= 4 is 33.4 Å². The molecule has 0 spiro atoms. The Morgan fingerprint density at radius 3 is 2.71 bits per heavy atom. The number of hydrogen-bond donors (Lipinski definition) is 0. The third-order valence-corrected chi connectivity index (χ3v) is 4.43. The first-order valence-electron chi connectivity index (χ1n) is 5.75. The highest BCUT2D eigenvalue weighted by Gasteiger charge is 2.30. The van der Waals surface area contributed by atoms with E-state index in [0.717, 1.165) is 17.4 Å². The molecular formula is C13H15BrClNO. The fourth-order valence-electron chi connectivity index (χ4n) is 2.38. The van der Waals surface area contributed by atoms with Gasteiger partial charge in [-0.25, -0.2) is 0 Å². The Hall–Kier alpha value is -0.540. The lowest BCUT2D eigenvalue weighted by Crippen LogP contribution is -2.33. The molecule has 17 heavy (non-hydrogen) atoms. The number of carbonyl (C=O) groups excluding carboxylic acids is 1. The maximum atomic E-state index is 12.3. The maximum absolute atomic E-state index is 12.3. The van der Waals surface area contributed by atoms with Crippen LogP contribution in [0.25, 0.3) is 0 Å². The van der Waals surface area contributed by atoms with Gasteiger partial charge in [0, 0.05) is 22.6 Å². The third-order valence-electron chi connectivity index (χ3n) is 3.21. The van der Waals surface area contributed by atoms with Crippen molar-refractivity contribution in [2.24, 2.45) is 5.92 Å². The molecule has 0 radical (unpaired) electrons. The average Bonchev–Trinajstić information content (AvgIpc) is 2.61. The lowest BCUT2D eigenvalue weighted by Gasteiger charge is -2.21. The summed E-state index contributed by atoms with van der Waals surface area (Å²) in [6, 6.07) is 5.65. The first-order chi connectivity index (χ1) is 7.99. The van der Waals surface area contributed by atoms with Crippen molar-refractivity contribution in [1.29, 1.82) is 0 Å². The number of hydrogen-bond acceptors (Lipinski definition) is 1. The summed E-state index contributed by atoms with van der Waals surface area (Å²) in [4.78, 5) is 14.3. The molecule has 2 nitrogen and oxygen atoms in total. The Kier molecular flexibility index (Phi) is 3.79. The molecule has 1 fully saturated rings. The van der Waals surface area contributed by atoms with Crippen molar-refractivity contribution in [2.75, 3.05) is 6.54 Å². The highest BCUT2D eigenvalue weighted by Crippen LogP contribution is 2.27. The Bertz CT molecular complexity index is 449. The molecule has 92 valence electrons. The molecule has 1 aromatic carbocycles. The van der Waals surface area contributed by atoms with Crippen molar-refractivity contribution in [1.82, 2.24) is 4.90 Å². The van der Waals surface area contributed by atoms with Crippen LogP contribution in [0.5, 0.6) is 0 Å². The van der Waals surface area contributed by atoms with E-state index in [2.05, 4.69) is 29.8 Å². The minimum absolute atomic E-state index is 0.0965. The molecule has 0 bridgehead atoms. The number of carbonyl (C=O) groups is 1. The van der Waals surface area contributed by atoms with Crippen LogP contribution in [0.3, 0.4) is 0 Å². The molecule has 1 aliphatic heterocycles. The van der Waals surface area contributed by atoms with Crippen LogP contribution in [0.1, 0.15) is 30.6 Å². The van der Waals surface area contributed by atoms with Gasteiger partial charge in [0.2, 0.25) is 0 Å². The Morgan fingerprint density at radius 2 is 2.18 bits per heavy atom. The molecular weight excluding hydrogens is 302 g/mol. The largest absolute Gasteiger partial charge is 0.336 e. The minimum Gasteiger partial charge on any atom is -0.336 e. The van der Waals surface area contributed by atoms with Gasteiger partial charge in [-0.1, -0.05) is 18.5 Å².